The number of hydrogen-bond donors (Lipinski definition) is 1. The van der Waals surface area contributed by atoms with Gasteiger partial charge in [-0.1, -0.05) is 23.7 Å². The summed E-state index contributed by atoms with van der Waals surface area (Å²) in [6, 6.07) is 13.1. The number of carbonyl (C=O) groups excluding carboxylic acids is 1. The zero-order valence-corrected chi connectivity index (χ0v) is 20.1. The fourth-order valence-corrected chi connectivity index (χ4v) is 4.39. The van der Waals surface area contributed by atoms with E-state index in [4.69, 9.17) is 16.3 Å². The average Bonchev–Trinajstić information content (AvgIpc) is 3.54. The zero-order chi connectivity index (χ0) is 24.8. The normalized spacial score (nSPS) is 11.0. The van der Waals surface area contributed by atoms with E-state index in [2.05, 4.69) is 21.4 Å². The van der Waals surface area contributed by atoms with Crippen LogP contribution in [0.15, 0.2) is 59.4 Å². The standard InChI is InChI=1S/C23H14ClN5O4S2/c24-17-3-1-14(2-4-17)19-13-35-22(27-19)16(11-25)9-15-10-18(29(31)32)5-6-20(15)33-12-21(30)28-23-26-7-8-34-23/h1-10,13H,12H2,(H,26,28,30)/b16-9+. The van der Waals surface area contributed by atoms with Gasteiger partial charge < -0.3 is 4.74 Å². The minimum absolute atomic E-state index is 0.186. The molecule has 0 radical (unpaired) electrons. The number of amides is 1. The molecule has 2 aromatic carbocycles. The number of carbonyl (C=O) groups is 1. The molecule has 4 rings (SSSR count). The van der Waals surface area contributed by atoms with Gasteiger partial charge in [0.15, 0.2) is 11.7 Å². The van der Waals surface area contributed by atoms with Gasteiger partial charge in [-0.25, -0.2) is 9.97 Å². The number of hydrogen-bond acceptors (Lipinski definition) is 9. The summed E-state index contributed by atoms with van der Waals surface area (Å²) in [5.41, 5.74) is 1.76. The number of rotatable bonds is 8. The molecule has 0 saturated heterocycles. The van der Waals surface area contributed by atoms with Crippen LogP contribution in [0.3, 0.4) is 0 Å². The highest BCUT2D eigenvalue weighted by Gasteiger charge is 2.15. The van der Waals surface area contributed by atoms with Crippen LogP contribution in [0.5, 0.6) is 5.75 Å². The number of thiazole rings is 2. The number of aromatic nitrogens is 2. The van der Waals surface area contributed by atoms with Crippen molar-refractivity contribution < 1.29 is 14.5 Å². The summed E-state index contributed by atoms with van der Waals surface area (Å²) in [5, 5.41) is 28.6. The van der Waals surface area contributed by atoms with Crippen molar-refractivity contribution in [2.75, 3.05) is 11.9 Å². The summed E-state index contributed by atoms with van der Waals surface area (Å²) in [4.78, 5) is 31.4. The van der Waals surface area contributed by atoms with Crippen molar-refractivity contribution in [3.63, 3.8) is 0 Å². The van der Waals surface area contributed by atoms with E-state index in [9.17, 15) is 20.2 Å². The number of non-ortho nitro benzene ring substituents is 1. The maximum Gasteiger partial charge on any atom is 0.270 e. The second kappa shape index (κ2) is 10.9. The Morgan fingerprint density at radius 1 is 1.26 bits per heavy atom. The number of nitrogens with zero attached hydrogens (tertiary/aromatic N) is 4. The number of nitrogens with one attached hydrogen (secondary N) is 1. The number of nitro benzene ring substituents is 1. The Kier molecular flexibility index (Phi) is 7.47. The van der Waals surface area contributed by atoms with E-state index >= 15 is 0 Å². The summed E-state index contributed by atoms with van der Waals surface area (Å²) in [7, 11) is 0. The lowest BCUT2D eigenvalue weighted by Crippen LogP contribution is -2.20. The van der Waals surface area contributed by atoms with Gasteiger partial charge in [-0.15, -0.1) is 22.7 Å². The Hall–Kier alpha value is -4.11. The van der Waals surface area contributed by atoms with Crippen molar-refractivity contribution in [2.45, 2.75) is 0 Å². The van der Waals surface area contributed by atoms with Crippen LogP contribution in [-0.2, 0) is 4.79 Å². The van der Waals surface area contributed by atoms with Gasteiger partial charge in [0.1, 0.15) is 16.8 Å². The number of ether oxygens (including phenoxy) is 1. The fraction of sp³-hybridized carbons (Fsp3) is 0.0435. The summed E-state index contributed by atoms with van der Waals surface area (Å²) in [5.74, 6) is -0.242. The summed E-state index contributed by atoms with van der Waals surface area (Å²) < 4.78 is 5.61. The van der Waals surface area contributed by atoms with Gasteiger partial charge in [0.25, 0.3) is 11.6 Å². The summed E-state index contributed by atoms with van der Waals surface area (Å²) in [6.07, 6.45) is 3.01. The molecule has 0 unspecified atom stereocenters. The molecule has 1 N–H and O–H groups in total. The van der Waals surface area contributed by atoms with Gasteiger partial charge >= 0.3 is 0 Å². The lowest BCUT2D eigenvalue weighted by molar-refractivity contribution is -0.384. The first kappa shape index (κ1) is 24.0. The van der Waals surface area contributed by atoms with Crippen molar-refractivity contribution in [2.24, 2.45) is 0 Å². The molecular weight excluding hydrogens is 510 g/mol. The Morgan fingerprint density at radius 3 is 2.74 bits per heavy atom. The molecule has 0 fully saturated rings. The Labute approximate surface area is 212 Å². The molecule has 0 aliphatic heterocycles. The number of nitriles is 1. The van der Waals surface area contributed by atoms with Crippen molar-refractivity contribution >= 4 is 62.6 Å². The molecule has 12 heteroatoms. The molecule has 1 amide bonds. The monoisotopic (exact) mass is 523 g/mol. The van der Waals surface area contributed by atoms with Crippen LogP contribution >= 0.6 is 34.3 Å². The third kappa shape index (κ3) is 6.07. The van der Waals surface area contributed by atoms with Gasteiger partial charge in [-0.3, -0.25) is 20.2 Å². The van der Waals surface area contributed by atoms with Crippen molar-refractivity contribution in [1.82, 2.24) is 9.97 Å². The van der Waals surface area contributed by atoms with E-state index < -0.39 is 10.8 Å². The van der Waals surface area contributed by atoms with Crippen LogP contribution in [0.2, 0.25) is 5.02 Å². The topological polar surface area (TPSA) is 131 Å². The van der Waals surface area contributed by atoms with Gasteiger partial charge in [0, 0.05) is 45.2 Å². The second-order valence-corrected chi connectivity index (χ2v) is 9.06. The largest absolute Gasteiger partial charge is 0.483 e. The smallest absolute Gasteiger partial charge is 0.270 e. The van der Waals surface area contributed by atoms with E-state index in [0.29, 0.717) is 20.9 Å². The fourth-order valence-electron chi connectivity index (χ4n) is 2.93. The number of halogens is 1. The predicted molar refractivity (Wildman–Crippen MR) is 135 cm³/mol. The first-order chi connectivity index (χ1) is 16.9. The van der Waals surface area contributed by atoms with Crippen LogP contribution in [0.4, 0.5) is 10.8 Å². The van der Waals surface area contributed by atoms with E-state index in [1.54, 1.807) is 29.1 Å². The van der Waals surface area contributed by atoms with Crippen molar-refractivity contribution in [3.8, 4) is 23.1 Å². The molecule has 0 bridgehead atoms. The van der Waals surface area contributed by atoms with Crippen molar-refractivity contribution in [1.29, 1.82) is 5.26 Å². The quantitative estimate of drug-likeness (QED) is 0.172. The maximum atomic E-state index is 12.2. The Balaban J connectivity index is 1.61. The first-order valence-electron chi connectivity index (χ1n) is 9.87. The minimum atomic E-state index is -0.551. The molecule has 0 saturated carbocycles. The molecule has 0 spiro atoms. The van der Waals surface area contributed by atoms with Crippen LogP contribution < -0.4 is 10.1 Å². The lowest BCUT2D eigenvalue weighted by atomic mass is 10.1. The second-order valence-electron chi connectivity index (χ2n) is 6.87. The molecular formula is C23H14ClN5O4S2. The Morgan fingerprint density at radius 2 is 2.06 bits per heavy atom. The molecule has 0 atom stereocenters. The van der Waals surface area contributed by atoms with Crippen LogP contribution in [0.1, 0.15) is 10.6 Å². The van der Waals surface area contributed by atoms with Crippen LogP contribution in [0, 0.1) is 21.4 Å². The number of benzene rings is 2. The molecule has 0 aliphatic carbocycles. The van der Waals surface area contributed by atoms with Crippen molar-refractivity contribution in [3.05, 3.63) is 85.1 Å². The highest BCUT2D eigenvalue weighted by molar-refractivity contribution is 7.13. The van der Waals surface area contributed by atoms with E-state index in [1.807, 2.05) is 12.1 Å². The number of nitro groups is 1. The lowest BCUT2D eigenvalue weighted by Gasteiger charge is -2.09. The van der Waals surface area contributed by atoms with Gasteiger partial charge in [0.2, 0.25) is 0 Å². The number of allylic oxidation sites excluding steroid dienone is 1. The average molecular weight is 524 g/mol. The van der Waals surface area contributed by atoms with Gasteiger partial charge in [0.05, 0.1) is 16.2 Å². The molecule has 2 heterocycles. The molecule has 9 nitrogen and oxygen atoms in total. The summed E-state index contributed by atoms with van der Waals surface area (Å²) in [6.45, 7) is -0.349. The number of anilines is 1. The molecule has 4 aromatic rings. The molecule has 174 valence electrons. The first-order valence-corrected chi connectivity index (χ1v) is 12.0. The van der Waals surface area contributed by atoms with Gasteiger partial charge in [-0.05, 0) is 24.3 Å². The zero-order valence-electron chi connectivity index (χ0n) is 17.7. The molecule has 0 aliphatic rings. The third-order valence-corrected chi connectivity index (χ3v) is 6.35. The summed E-state index contributed by atoms with van der Waals surface area (Å²) >= 11 is 8.46. The van der Waals surface area contributed by atoms with E-state index in [1.165, 1.54) is 46.9 Å². The van der Waals surface area contributed by atoms with E-state index in [0.717, 1.165) is 5.56 Å². The van der Waals surface area contributed by atoms with Crippen LogP contribution in [0.25, 0.3) is 22.9 Å². The minimum Gasteiger partial charge on any atom is -0.483 e. The van der Waals surface area contributed by atoms with E-state index in [-0.39, 0.29) is 29.2 Å². The molecule has 2 aromatic heterocycles. The third-order valence-electron chi connectivity index (χ3n) is 4.54. The predicted octanol–water partition coefficient (Wildman–Crippen LogP) is 5.91. The Bertz CT molecular complexity index is 1440. The van der Waals surface area contributed by atoms with Gasteiger partial charge in [-0.2, -0.15) is 5.26 Å². The maximum absolute atomic E-state index is 12.2. The highest BCUT2D eigenvalue weighted by atomic mass is 35.5. The molecule has 35 heavy (non-hydrogen) atoms. The SMILES string of the molecule is N#C/C(=C\c1cc([N+](=O)[O-])ccc1OCC(=O)Nc1nccs1)c1nc(-c2ccc(Cl)cc2)cs1. The van der Waals surface area contributed by atoms with Crippen LogP contribution in [-0.4, -0.2) is 27.4 Å². The highest BCUT2D eigenvalue weighted by Crippen LogP contribution is 2.31.